The smallest absolute Gasteiger partial charge is 0.119 e. The van der Waals surface area contributed by atoms with E-state index in [4.69, 9.17) is 28.4 Å². The highest BCUT2D eigenvalue weighted by Gasteiger charge is 2.23. The van der Waals surface area contributed by atoms with Gasteiger partial charge < -0.3 is 28.4 Å². The minimum absolute atomic E-state index is 0.145. The summed E-state index contributed by atoms with van der Waals surface area (Å²) in [5.74, 6) is 1.67. The van der Waals surface area contributed by atoms with Crippen LogP contribution >= 0.6 is 31.9 Å². The largest absolute Gasteiger partial charge is 0.491 e. The van der Waals surface area contributed by atoms with E-state index in [0.29, 0.717) is 66.1 Å². The molecular weight excluding hydrogens is 580 g/mol. The number of benzene rings is 2. The van der Waals surface area contributed by atoms with Crippen LogP contribution in [0.4, 0.5) is 0 Å². The third kappa shape index (κ3) is 12.1. The van der Waals surface area contributed by atoms with Crippen LogP contribution in [0.25, 0.3) is 0 Å². The van der Waals surface area contributed by atoms with E-state index in [2.05, 4.69) is 70.0 Å². The third-order valence-corrected chi connectivity index (χ3v) is 5.98. The van der Waals surface area contributed by atoms with Crippen molar-refractivity contribution in [3.05, 3.63) is 59.7 Å². The molecule has 35 heavy (non-hydrogen) atoms. The van der Waals surface area contributed by atoms with E-state index < -0.39 is 0 Å². The molecule has 0 heterocycles. The van der Waals surface area contributed by atoms with Gasteiger partial charge in [-0.1, -0.05) is 70.0 Å². The number of hydrogen-bond acceptors (Lipinski definition) is 6. The second-order valence-corrected chi connectivity index (χ2v) is 9.78. The van der Waals surface area contributed by atoms with E-state index >= 15 is 0 Å². The first kappa shape index (κ1) is 30.1. The third-order valence-electron chi connectivity index (χ3n) is 5.33. The maximum atomic E-state index is 5.79. The Balaban J connectivity index is 1.71. The van der Waals surface area contributed by atoms with E-state index in [-0.39, 0.29) is 5.41 Å². The maximum absolute atomic E-state index is 5.79. The van der Waals surface area contributed by atoms with Crippen LogP contribution in [0.2, 0.25) is 0 Å². The Morgan fingerprint density at radius 2 is 0.800 bits per heavy atom. The molecule has 6 nitrogen and oxygen atoms in total. The lowest BCUT2D eigenvalue weighted by molar-refractivity contribution is 0.0414. The van der Waals surface area contributed by atoms with Gasteiger partial charge in [-0.05, 0) is 35.4 Å². The predicted molar refractivity (Wildman–Crippen MR) is 147 cm³/mol. The summed E-state index contributed by atoms with van der Waals surface area (Å²) >= 11 is 6.65. The van der Waals surface area contributed by atoms with E-state index in [1.54, 1.807) is 0 Å². The molecule has 0 aliphatic carbocycles. The fourth-order valence-electron chi connectivity index (χ4n) is 3.29. The summed E-state index contributed by atoms with van der Waals surface area (Å²) < 4.78 is 33.3. The van der Waals surface area contributed by atoms with Crippen molar-refractivity contribution in [2.75, 3.05) is 76.7 Å². The summed E-state index contributed by atoms with van der Waals surface area (Å²) in [7, 11) is 0. The van der Waals surface area contributed by atoms with E-state index in [1.165, 1.54) is 11.1 Å². The summed E-state index contributed by atoms with van der Waals surface area (Å²) in [5.41, 5.74) is 2.29. The second kappa shape index (κ2) is 18.1. The van der Waals surface area contributed by atoms with Crippen molar-refractivity contribution in [2.24, 2.45) is 0 Å². The van der Waals surface area contributed by atoms with Crippen LogP contribution in [0.3, 0.4) is 0 Å². The molecule has 0 bridgehead atoms. The zero-order valence-electron chi connectivity index (χ0n) is 20.8. The van der Waals surface area contributed by atoms with Crippen molar-refractivity contribution in [2.45, 2.75) is 19.3 Å². The molecule has 0 saturated carbocycles. The highest BCUT2D eigenvalue weighted by Crippen LogP contribution is 2.33. The Bertz CT molecular complexity index is 718. The molecule has 0 radical (unpaired) electrons. The molecule has 0 aliphatic heterocycles. The minimum Gasteiger partial charge on any atom is -0.491 e. The first-order chi connectivity index (χ1) is 17.1. The highest BCUT2D eigenvalue weighted by atomic mass is 79.9. The molecule has 2 aromatic carbocycles. The Hall–Kier alpha value is -1.16. The van der Waals surface area contributed by atoms with Crippen molar-refractivity contribution in [3.63, 3.8) is 0 Å². The maximum Gasteiger partial charge on any atom is 0.119 e. The van der Waals surface area contributed by atoms with E-state index in [9.17, 15) is 0 Å². The van der Waals surface area contributed by atoms with Gasteiger partial charge in [0, 0.05) is 16.1 Å². The minimum atomic E-state index is -0.145. The number of alkyl halides is 2. The monoisotopic (exact) mass is 616 g/mol. The standard InChI is InChI=1S/C27H38Br2O6/c1-27(2,23-3-7-25(8-4-23)34-21-19-32-17-15-30-13-11-28)24-5-9-26(10-6-24)35-22-20-33-18-16-31-14-12-29/h3-10H,11-22H2,1-2H3. The van der Waals surface area contributed by atoms with E-state index in [0.717, 1.165) is 22.2 Å². The highest BCUT2D eigenvalue weighted by molar-refractivity contribution is 9.09. The van der Waals surface area contributed by atoms with Gasteiger partial charge in [0.05, 0.1) is 52.9 Å². The first-order valence-corrected chi connectivity index (χ1v) is 14.2. The van der Waals surface area contributed by atoms with Crippen LogP contribution in [0, 0.1) is 0 Å². The van der Waals surface area contributed by atoms with Gasteiger partial charge in [-0.25, -0.2) is 0 Å². The quantitative estimate of drug-likeness (QED) is 0.142. The topological polar surface area (TPSA) is 55.4 Å². The zero-order chi connectivity index (χ0) is 25.2. The first-order valence-electron chi connectivity index (χ1n) is 12.0. The van der Waals surface area contributed by atoms with Crippen LogP contribution in [0.5, 0.6) is 11.5 Å². The Labute approximate surface area is 226 Å². The van der Waals surface area contributed by atoms with Crippen molar-refractivity contribution < 1.29 is 28.4 Å². The van der Waals surface area contributed by atoms with Crippen LogP contribution in [0.1, 0.15) is 25.0 Å². The van der Waals surface area contributed by atoms with Gasteiger partial charge in [0.25, 0.3) is 0 Å². The molecule has 0 unspecified atom stereocenters. The Morgan fingerprint density at radius 3 is 1.14 bits per heavy atom. The average Bonchev–Trinajstić information content (AvgIpc) is 2.88. The molecule has 0 aliphatic rings. The normalized spacial score (nSPS) is 11.5. The number of hydrogen-bond donors (Lipinski definition) is 0. The molecule has 2 rings (SSSR count). The molecule has 0 amide bonds. The number of ether oxygens (including phenoxy) is 6. The van der Waals surface area contributed by atoms with Gasteiger partial charge in [0.1, 0.15) is 24.7 Å². The molecule has 196 valence electrons. The van der Waals surface area contributed by atoms with Gasteiger partial charge in [-0.15, -0.1) is 0 Å². The summed E-state index contributed by atoms with van der Waals surface area (Å²) in [6.45, 7) is 10.3. The molecule has 0 aromatic heterocycles. The number of rotatable bonds is 20. The van der Waals surface area contributed by atoms with Crippen LogP contribution < -0.4 is 9.47 Å². The average molecular weight is 618 g/mol. The predicted octanol–water partition coefficient (Wildman–Crippen LogP) is 5.63. The summed E-state index contributed by atoms with van der Waals surface area (Å²) in [5, 5.41) is 1.68. The lowest BCUT2D eigenvalue weighted by Gasteiger charge is -2.26. The fraction of sp³-hybridized carbons (Fsp3) is 0.556. The lowest BCUT2D eigenvalue weighted by atomic mass is 9.78. The Morgan fingerprint density at radius 1 is 0.486 bits per heavy atom. The lowest BCUT2D eigenvalue weighted by Crippen LogP contribution is -2.19. The van der Waals surface area contributed by atoms with Crippen molar-refractivity contribution in [1.29, 1.82) is 0 Å². The SMILES string of the molecule is CC(C)(c1ccc(OCCOCCOCCBr)cc1)c1ccc(OCCOCCOCCBr)cc1. The fourth-order valence-corrected chi connectivity index (χ4v) is 3.75. The second-order valence-electron chi connectivity index (χ2n) is 8.20. The molecular formula is C27H38Br2O6. The summed E-state index contributed by atoms with van der Waals surface area (Å²) in [6.07, 6.45) is 0. The van der Waals surface area contributed by atoms with Crippen molar-refractivity contribution in [3.8, 4) is 11.5 Å². The number of halogens is 2. The molecule has 0 fully saturated rings. The van der Waals surface area contributed by atoms with Gasteiger partial charge in [0.2, 0.25) is 0 Å². The van der Waals surface area contributed by atoms with Crippen molar-refractivity contribution in [1.82, 2.24) is 0 Å². The molecule has 0 saturated heterocycles. The summed E-state index contributed by atoms with van der Waals surface area (Å²) in [6, 6.07) is 16.5. The van der Waals surface area contributed by atoms with Crippen LogP contribution in [0.15, 0.2) is 48.5 Å². The molecule has 0 N–H and O–H groups in total. The van der Waals surface area contributed by atoms with Gasteiger partial charge in [-0.2, -0.15) is 0 Å². The zero-order valence-corrected chi connectivity index (χ0v) is 24.0. The molecule has 0 atom stereocenters. The van der Waals surface area contributed by atoms with Crippen molar-refractivity contribution >= 4 is 31.9 Å². The van der Waals surface area contributed by atoms with Gasteiger partial charge in [-0.3, -0.25) is 0 Å². The molecule has 0 spiro atoms. The van der Waals surface area contributed by atoms with Gasteiger partial charge in [0.15, 0.2) is 0 Å². The van der Waals surface area contributed by atoms with Gasteiger partial charge >= 0.3 is 0 Å². The summed E-state index contributed by atoms with van der Waals surface area (Å²) in [4.78, 5) is 0. The van der Waals surface area contributed by atoms with E-state index in [1.807, 2.05) is 24.3 Å². The van der Waals surface area contributed by atoms with Crippen LogP contribution in [-0.4, -0.2) is 76.7 Å². The Kier molecular flexibility index (Phi) is 15.6. The van der Waals surface area contributed by atoms with Crippen LogP contribution in [-0.2, 0) is 24.4 Å². The molecule has 8 heteroatoms. The molecule has 2 aromatic rings.